The fourth-order valence-electron chi connectivity index (χ4n) is 2.36. The zero-order valence-electron chi connectivity index (χ0n) is 9.06. The van der Waals surface area contributed by atoms with Gasteiger partial charge in [-0.05, 0) is 36.1 Å². The van der Waals surface area contributed by atoms with E-state index in [0.29, 0.717) is 6.04 Å². The van der Waals surface area contributed by atoms with Crippen LogP contribution in [0.3, 0.4) is 0 Å². The van der Waals surface area contributed by atoms with E-state index in [1.165, 1.54) is 24.0 Å². The summed E-state index contributed by atoms with van der Waals surface area (Å²) >= 11 is 0. The van der Waals surface area contributed by atoms with E-state index in [1.807, 2.05) is 24.5 Å². The number of fused-ring (bicyclic) bond motifs is 1. The molecule has 2 heteroatoms. The topological polar surface area (TPSA) is 24.9 Å². The summed E-state index contributed by atoms with van der Waals surface area (Å²) in [5.41, 5.74) is 4.07. The summed E-state index contributed by atoms with van der Waals surface area (Å²) in [5.74, 6) is 0. The molecule has 0 saturated carbocycles. The molecule has 0 bridgehead atoms. The summed E-state index contributed by atoms with van der Waals surface area (Å²) in [4.78, 5) is 4.02. The third kappa shape index (κ3) is 1.67. The Morgan fingerprint density at radius 3 is 2.75 bits per heavy atom. The van der Waals surface area contributed by atoms with Crippen LogP contribution >= 0.6 is 0 Å². The van der Waals surface area contributed by atoms with Crippen LogP contribution in [-0.2, 0) is 6.42 Å². The number of anilines is 1. The molecule has 2 nitrogen and oxygen atoms in total. The number of nitrogens with one attached hydrogen (secondary N) is 1. The molecule has 0 saturated heterocycles. The summed E-state index contributed by atoms with van der Waals surface area (Å²) in [6, 6.07) is 13.2. The maximum Gasteiger partial charge on any atom is 0.0519 e. The van der Waals surface area contributed by atoms with Gasteiger partial charge in [0.1, 0.15) is 0 Å². The molecule has 1 aliphatic rings. The molecule has 1 aromatic heterocycles. The second-order valence-electron chi connectivity index (χ2n) is 4.17. The number of nitrogens with zero attached hydrogens (tertiary/aromatic N) is 1. The monoisotopic (exact) mass is 210 g/mol. The molecule has 1 N–H and O–H groups in total. The molecule has 0 radical (unpaired) electrons. The Hall–Kier alpha value is -1.83. The van der Waals surface area contributed by atoms with Gasteiger partial charge in [0.25, 0.3) is 0 Å². The summed E-state index contributed by atoms with van der Waals surface area (Å²) in [7, 11) is 0. The molecule has 80 valence electrons. The van der Waals surface area contributed by atoms with Crippen molar-refractivity contribution >= 4 is 5.69 Å². The second-order valence-corrected chi connectivity index (χ2v) is 4.17. The maximum absolute atomic E-state index is 4.02. The van der Waals surface area contributed by atoms with Gasteiger partial charge in [-0.3, -0.25) is 4.98 Å². The van der Waals surface area contributed by atoms with Crippen LogP contribution in [0.2, 0.25) is 0 Å². The zero-order valence-corrected chi connectivity index (χ0v) is 9.06. The fourth-order valence-corrected chi connectivity index (χ4v) is 2.36. The lowest BCUT2D eigenvalue weighted by atomic mass is 10.1. The SMILES string of the molecule is c1ccc2c(c1)CCC2Nc1ccncc1. The van der Waals surface area contributed by atoms with Crippen molar-refractivity contribution in [2.45, 2.75) is 18.9 Å². The number of aromatic nitrogens is 1. The Balaban J connectivity index is 1.84. The largest absolute Gasteiger partial charge is 0.378 e. The van der Waals surface area contributed by atoms with Gasteiger partial charge in [0.05, 0.1) is 6.04 Å². The van der Waals surface area contributed by atoms with Crippen LogP contribution in [-0.4, -0.2) is 4.98 Å². The van der Waals surface area contributed by atoms with Crippen molar-refractivity contribution in [3.05, 3.63) is 59.9 Å². The van der Waals surface area contributed by atoms with Gasteiger partial charge in [0, 0.05) is 18.1 Å². The first kappa shape index (κ1) is 9.40. The Bertz CT molecular complexity index is 479. The van der Waals surface area contributed by atoms with Crippen molar-refractivity contribution in [1.29, 1.82) is 0 Å². The highest BCUT2D eigenvalue weighted by molar-refractivity contribution is 5.46. The van der Waals surface area contributed by atoms with Crippen molar-refractivity contribution in [3.63, 3.8) is 0 Å². The number of pyridine rings is 1. The number of hydrogen-bond donors (Lipinski definition) is 1. The molecular weight excluding hydrogens is 196 g/mol. The predicted molar refractivity (Wildman–Crippen MR) is 65.4 cm³/mol. The molecule has 2 aromatic rings. The van der Waals surface area contributed by atoms with Crippen LogP contribution in [0.4, 0.5) is 5.69 Å². The molecule has 16 heavy (non-hydrogen) atoms. The van der Waals surface area contributed by atoms with Gasteiger partial charge < -0.3 is 5.32 Å². The van der Waals surface area contributed by atoms with E-state index >= 15 is 0 Å². The van der Waals surface area contributed by atoms with E-state index in [4.69, 9.17) is 0 Å². The van der Waals surface area contributed by atoms with Gasteiger partial charge in [0.2, 0.25) is 0 Å². The molecule has 0 aliphatic heterocycles. The van der Waals surface area contributed by atoms with Gasteiger partial charge in [-0.1, -0.05) is 24.3 Å². The standard InChI is InChI=1S/C14H14N2/c1-2-4-13-11(3-1)5-6-14(13)16-12-7-9-15-10-8-12/h1-4,7-10,14H,5-6H2,(H,15,16). The van der Waals surface area contributed by atoms with Gasteiger partial charge >= 0.3 is 0 Å². The van der Waals surface area contributed by atoms with Crippen LogP contribution in [0, 0.1) is 0 Å². The maximum atomic E-state index is 4.02. The average Bonchev–Trinajstić information content (AvgIpc) is 2.74. The Morgan fingerprint density at radius 1 is 1.06 bits per heavy atom. The summed E-state index contributed by atoms with van der Waals surface area (Å²) in [6.07, 6.45) is 6.01. The number of rotatable bonds is 2. The molecule has 3 rings (SSSR count). The van der Waals surface area contributed by atoms with Crippen molar-refractivity contribution in [3.8, 4) is 0 Å². The fraction of sp³-hybridized carbons (Fsp3) is 0.214. The first-order valence-corrected chi connectivity index (χ1v) is 5.68. The normalized spacial score (nSPS) is 18.1. The van der Waals surface area contributed by atoms with E-state index < -0.39 is 0 Å². The third-order valence-electron chi connectivity index (χ3n) is 3.15. The number of hydrogen-bond acceptors (Lipinski definition) is 2. The lowest BCUT2D eigenvalue weighted by Gasteiger charge is -2.15. The van der Waals surface area contributed by atoms with Gasteiger partial charge in [-0.15, -0.1) is 0 Å². The minimum Gasteiger partial charge on any atom is -0.378 e. The Labute approximate surface area is 95.3 Å². The summed E-state index contributed by atoms with van der Waals surface area (Å²) < 4.78 is 0. The van der Waals surface area contributed by atoms with Gasteiger partial charge in [-0.2, -0.15) is 0 Å². The van der Waals surface area contributed by atoms with E-state index in [0.717, 1.165) is 5.69 Å². The first-order chi connectivity index (χ1) is 7.93. The number of benzene rings is 1. The van der Waals surface area contributed by atoms with Crippen LogP contribution in [0.5, 0.6) is 0 Å². The van der Waals surface area contributed by atoms with E-state index in [9.17, 15) is 0 Å². The third-order valence-corrected chi connectivity index (χ3v) is 3.15. The zero-order chi connectivity index (χ0) is 10.8. The summed E-state index contributed by atoms with van der Waals surface area (Å²) in [6.45, 7) is 0. The molecule has 1 aliphatic carbocycles. The Kier molecular flexibility index (Phi) is 2.33. The molecule has 0 amide bonds. The van der Waals surface area contributed by atoms with Crippen LogP contribution in [0.15, 0.2) is 48.8 Å². The minimum atomic E-state index is 0.457. The van der Waals surface area contributed by atoms with Gasteiger partial charge in [0.15, 0.2) is 0 Å². The van der Waals surface area contributed by atoms with Crippen molar-refractivity contribution in [2.24, 2.45) is 0 Å². The van der Waals surface area contributed by atoms with Crippen molar-refractivity contribution < 1.29 is 0 Å². The Morgan fingerprint density at radius 2 is 1.88 bits per heavy atom. The van der Waals surface area contributed by atoms with Crippen LogP contribution in [0.25, 0.3) is 0 Å². The number of aryl methyl sites for hydroxylation is 1. The molecule has 1 heterocycles. The van der Waals surface area contributed by atoms with Crippen molar-refractivity contribution in [2.75, 3.05) is 5.32 Å². The highest BCUT2D eigenvalue weighted by Crippen LogP contribution is 2.33. The predicted octanol–water partition coefficient (Wildman–Crippen LogP) is 3.18. The lowest BCUT2D eigenvalue weighted by Crippen LogP contribution is -2.06. The van der Waals surface area contributed by atoms with Crippen molar-refractivity contribution in [1.82, 2.24) is 4.98 Å². The lowest BCUT2D eigenvalue weighted by molar-refractivity contribution is 0.762. The molecular formula is C14H14N2. The molecule has 1 unspecified atom stereocenters. The van der Waals surface area contributed by atoms with E-state index in [1.54, 1.807) is 0 Å². The summed E-state index contributed by atoms with van der Waals surface area (Å²) in [5, 5.41) is 3.56. The second kappa shape index (κ2) is 3.97. The van der Waals surface area contributed by atoms with Crippen LogP contribution in [0.1, 0.15) is 23.6 Å². The first-order valence-electron chi connectivity index (χ1n) is 5.68. The molecule has 1 aromatic carbocycles. The van der Waals surface area contributed by atoms with Crippen LogP contribution < -0.4 is 5.32 Å². The van der Waals surface area contributed by atoms with E-state index in [-0.39, 0.29) is 0 Å². The van der Waals surface area contributed by atoms with Gasteiger partial charge in [-0.25, -0.2) is 0 Å². The average molecular weight is 210 g/mol. The smallest absolute Gasteiger partial charge is 0.0519 e. The molecule has 0 fully saturated rings. The van der Waals surface area contributed by atoms with E-state index in [2.05, 4.69) is 34.6 Å². The highest BCUT2D eigenvalue weighted by atomic mass is 14.9. The highest BCUT2D eigenvalue weighted by Gasteiger charge is 2.21. The molecule has 1 atom stereocenters. The molecule has 0 spiro atoms. The minimum absolute atomic E-state index is 0.457. The quantitative estimate of drug-likeness (QED) is 0.823.